The molecule has 52 heavy (non-hydrogen) atoms. The van der Waals surface area contributed by atoms with Gasteiger partial charge in [-0.1, -0.05) is 83.5 Å². The van der Waals surface area contributed by atoms with Gasteiger partial charge in [-0.3, -0.25) is 4.79 Å². The van der Waals surface area contributed by atoms with Crippen molar-refractivity contribution in [3.63, 3.8) is 0 Å². The van der Waals surface area contributed by atoms with Gasteiger partial charge in [0.05, 0.1) is 0 Å². The van der Waals surface area contributed by atoms with Crippen LogP contribution in [0.2, 0.25) is 0 Å². The third kappa shape index (κ3) is 7.04. The highest BCUT2D eigenvalue weighted by atomic mass is 32.2. The van der Waals surface area contributed by atoms with E-state index in [-0.39, 0.29) is 5.97 Å². The summed E-state index contributed by atoms with van der Waals surface area (Å²) >= 11 is 2.07. The van der Waals surface area contributed by atoms with E-state index in [1.165, 1.54) is 114 Å². The second-order valence-corrected chi connectivity index (χ2v) is 20.2. The number of allylic oxidation sites excluding steroid dienone is 4. The van der Waals surface area contributed by atoms with E-state index >= 15 is 0 Å². The number of benzene rings is 1. The molecule has 1 heterocycles. The number of hydrogen-bond donors (Lipinski definition) is 1. The van der Waals surface area contributed by atoms with Gasteiger partial charge in [-0.25, -0.2) is 0 Å². The predicted octanol–water partition coefficient (Wildman–Crippen LogP) is 11.0. The first-order chi connectivity index (χ1) is 25.1. The molecule has 1 aromatic carbocycles. The van der Waals surface area contributed by atoms with E-state index in [1.807, 2.05) is 30.3 Å². The van der Waals surface area contributed by atoms with Crippen LogP contribution in [0.3, 0.4) is 0 Å². The maximum absolute atomic E-state index is 12.9. The molecule has 5 aliphatic carbocycles. The third-order valence-corrected chi connectivity index (χ3v) is 18.1. The minimum atomic E-state index is -0.0847. The van der Waals surface area contributed by atoms with E-state index in [9.17, 15) is 4.79 Å². The molecule has 5 heteroatoms. The minimum Gasteiger partial charge on any atom is -0.461 e. The van der Waals surface area contributed by atoms with Crippen LogP contribution in [0.25, 0.3) is 0 Å². The van der Waals surface area contributed by atoms with Gasteiger partial charge in [-0.2, -0.15) is 11.8 Å². The Bertz CT molecular complexity index is 1450. The predicted molar refractivity (Wildman–Crippen MR) is 219 cm³/mol. The number of carbonyl (C=O) groups excluding carboxylic acids is 1. The summed E-state index contributed by atoms with van der Waals surface area (Å²) in [5, 5.41) is 5.21. The van der Waals surface area contributed by atoms with Gasteiger partial charge < -0.3 is 15.0 Å². The van der Waals surface area contributed by atoms with Crippen LogP contribution in [-0.4, -0.2) is 54.1 Å². The van der Waals surface area contributed by atoms with Crippen LogP contribution < -0.4 is 5.32 Å². The van der Waals surface area contributed by atoms with E-state index in [4.69, 9.17) is 4.74 Å². The third-order valence-electron chi connectivity index (χ3n) is 17.0. The Morgan fingerprint density at radius 3 is 2.46 bits per heavy atom. The van der Waals surface area contributed by atoms with E-state index in [1.54, 1.807) is 0 Å². The molecule has 0 spiro atoms. The molecule has 6 aliphatic rings. The lowest BCUT2D eigenvalue weighted by atomic mass is 9.34. The molecule has 0 amide bonds. The number of esters is 1. The number of rotatable bonds is 12. The lowest BCUT2D eigenvalue weighted by molar-refractivity contribution is -0.212. The second-order valence-electron chi connectivity index (χ2n) is 19.0. The molecular formula is C47H72N2O2S. The molecule has 1 N–H and O–H groups in total. The highest BCUT2D eigenvalue weighted by Gasteiger charge is 2.68. The number of carbonyl (C=O) groups is 1. The van der Waals surface area contributed by atoms with Crippen LogP contribution in [0.5, 0.6) is 0 Å². The van der Waals surface area contributed by atoms with Crippen molar-refractivity contribution in [2.45, 2.75) is 148 Å². The fraction of sp³-hybridized carbons (Fsp3) is 0.766. The van der Waals surface area contributed by atoms with E-state index in [2.05, 4.69) is 75.0 Å². The number of ether oxygens (including phenoxy) is 1. The molecular weight excluding hydrogens is 657 g/mol. The van der Waals surface area contributed by atoms with E-state index in [0.717, 1.165) is 41.4 Å². The quantitative estimate of drug-likeness (QED) is 0.217. The van der Waals surface area contributed by atoms with Crippen molar-refractivity contribution in [1.82, 2.24) is 10.2 Å². The van der Waals surface area contributed by atoms with Crippen LogP contribution in [0.1, 0.15) is 136 Å². The Balaban J connectivity index is 1.01. The topological polar surface area (TPSA) is 41.6 Å². The van der Waals surface area contributed by atoms with Crippen LogP contribution in [0.4, 0.5) is 0 Å². The van der Waals surface area contributed by atoms with Crippen molar-refractivity contribution in [3.8, 4) is 0 Å². The zero-order chi connectivity index (χ0) is 36.6. The second kappa shape index (κ2) is 15.9. The first-order valence-electron chi connectivity index (χ1n) is 21.7. The average molecular weight is 729 g/mol. The zero-order valence-corrected chi connectivity index (χ0v) is 34.6. The van der Waals surface area contributed by atoms with Crippen LogP contribution in [0, 0.1) is 45.8 Å². The SMILES string of the molecule is CC/C=C(\CCC(=O)OCc1ccccc1)C1=CCC2(C)C(CCC3(C)C2CCC2[C@H]4CCCC4(NCCN4CCC(SC)CC4)CC[C@]23C)C1C. The van der Waals surface area contributed by atoms with Gasteiger partial charge in [0, 0.05) is 30.3 Å². The maximum atomic E-state index is 12.9. The highest BCUT2D eigenvalue weighted by Crippen LogP contribution is 2.75. The molecule has 5 fully saturated rings. The molecule has 1 saturated heterocycles. The van der Waals surface area contributed by atoms with E-state index in [0.29, 0.717) is 46.6 Å². The summed E-state index contributed by atoms with van der Waals surface area (Å²) in [6.07, 6.45) is 26.2. The number of piperidine rings is 1. The molecule has 4 nitrogen and oxygen atoms in total. The van der Waals surface area contributed by atoms with Gasteiger partial charge >= 0.3 is 5.97 Å². The Hall–Kier alpha value is -1.56. The van der Waals surface area contributed by atoms with Crippen molar-refractivity contribution in [2.75, 3.05) is 32.4 Å². The molecule has 4 saturated carbocycles. The van der Waals surface area contributed by atoms with Crippen molar-refractivity contribution >= 4 is 17.7 Å². The molecule has 9 atom stereocenters. The Labute approximate surface area is 322 Å². The zero-order valence-electron chi connectivity index (χ0n) is 33.8. The Morgan fingerprint density at radius 1 is 0.923 bits per heavy atom. The lowest BCUT2D eigenvalue weighted by Crippen LogP contribution is -2.67. The molecule has 1 aromatic rings. The van der Waals surface area contributed by atoms with Gasteiger partial charge in [0.2, 0.25) is 0 Å². The number of hydrogen-bond acceptors (Lipinski definition) is 5. The van der Waals surface area contributed by atoms with Crippen LogP contribution in [0.15, 0.2) is 53.6 Å². The summed E-state index contributed by atoms with van der Waals surface area (Å²) in [6, 6.07) is 10.1. The van der Waals surface area contributed by atoms with Crippen LogP contribution >= 0.6 is 11.8 Å². The first-order valence-corrected chi connectivity index (χ1v) is 22.9. The summed E-state index contributed by atoms with van der Waals surface area (Å²) in [4.78, 5) is 15.6. The minimum absolute atomic E-state index is 0.0847. The molecule has 7 unspecified atom stereocenters. The summed E-state index contributed by atoms with van der Waals surface area (Å²) in [7, 11) is 0. The fourth-order valence-corrected chi connectivity index (χ4v) is 14.7. The summed E-state index contributed by atoms with van der Waals surface area (Å²) in [5.74, 6) is 3.68. The lowest BCUT2D eigenvalue weighted by Gasteiger charge is -2.71. The van der Waals surface area contributed by atoms with Gasteiger partial charge in [0.15, 0.2) is 0 Å². The molecule has 0 aromatic heterocycles. The number of nitrogens with zero attached hydrogens (tertiary/aromatic N) is 1. The molecule has 0 radical (unpaired) electrons. The van der Waals surface area contributed by atoms with Crippen molar-refractivity contribution in [3.05, 3.63) is 59.2 Å². The number of thioether (sulfide) groups is 1. The summed E-state index contributed by atoms with van der Waals surface area (Å²) in [6.45, 7) is 18.4. The standard InChI is InChI=1S/C47H72N2O2S/c1-7-12-36(16-19-43(50)51-33-35-13-9-8-10-14-35)38-20-25-44(3)39(34(38)2)21-26-46(5)42(44)18-17-40-41-15-11-24-47(41,28-27-45(40,46)4)48-29-32-49-30-22-37(52-6)23-31-49/h8-10,12-14,20,34,37,39-42,48H,7,11,15-19,21-33H2,1-6H3/b36-12+/t34?,39?,40?,41-,42?,44?,45-,46?,47?/m1/s1. The van der Waals surface area contributed by atoms with Gasteiger partial charge in [-0.15, -0.1) is 0 Å². The first kappa shape index (κ1) is 38.7. The average Bonchev–Trinajstić information content (AvgIpc) is 3.58. The van der Waals surface area contributed by atoms with Crippen molar-refractivity contribution < 1.29 is 9.53 Å². The maximum Gasteiger partial charge on any atom is 0.306 e. The number of likely N-dealkylation sites (tertiary alicyclic amines) is 1. The Kier molecular flexibility index (Phi) is 11.8. The van der Waals surface area contributed by atoms with E-state index < -0.39 is 0 Å². The van der Waals surface area contributed by atoms with Gasteiger partial charge in [0.1, 0.15) is 6.61 Å². The molecule has 7 rings (SSSR count). The smallest absolute Gasteiger partial charge is 0.306 e. The Morgan fingerprint density at radius 2 is 1.71 bits per heavy atom. The fourth-order valence-electron chi connectivity index (χ4n) is 14.0. The molecule has 288 valence electrons. The summed E-state index contributed by atoms with van der Waals surface area (Å²) in [5.41, 5.74) is 5.57. The molecule has 0 bridgehead atoms. The van der Waals surface area contributed by atoms with Gasteiger partial charge in [-0.05, 0) is 165 Å². The van der Waals surface area contributed by atoms with Crippen molar-refractivity contribution in [2.24, 2.45) is 45.8 Å². The summed E-state index contributed by atoms with van der Waals surface area (Å²) < 4.78 is 5.69. The number of fused-ring (bicyclic) bond motifs is 7. The normalized spacial score (nSPS) is 39.5. The molecule has 1 aliphatic heterocycles. The van der Waals surface area contributed by atoms with Gasteiger partial charge in [0.25, 0.3) is 0 Å². The number of nitrogens with one attached hydrogen (secondary N) is 1. The van der Waals surface area contributed by atoms with Crippen LogP contribution in [-0.2, 0) is 16.1 Å². The largest absolute Gasteiger partial charge is 0.461 e. The van der Waals surface area contributed by atoms with Crippen molar-refractivity contribution in [1.29, 1.82) is 0 Å². The monoisotopic (exact) mass is 729 g/mol. The highest BCUT2D eigenvalue weighted by molar-refractivity contribution is 7.99.